The quantitative estimate of drug-likeness (QED) is 0.784. The van der Waals surface area contributed by atoms with Gasteiger partial charge in [-0.15, -0.1) is 0 Å². The molecule has 2 rings (SSSR count). The molecule has 1 heterocycles. The molecule has 1 saturated heterocycles. The van der Waals surface area contributed by atoms with Crippen molar-refractivity contribution in [3.05, 3.63) is 28.2 Å². The highest BCUT2D eigenvalue weighted by Crippen LogP contribution is 2.27. The first-order valence-electron chi connectivity index (χ1n) is 7.31. The molecule has 1 fully saturated rings. The maximum Gasteiger partial charge on any atom is 0.139 e. The second kappa shape index (κ2) is 8.91. The van der Waals surface area contributed by atoms with Crippen LogP contribution in [0.2, 0.25) is 10.0 Å². The van der Waals surface area contributed by atoms with Crippen molar-refractivity contribution in [2.24, 2.45) is 0 Å². The topological polar surface area (TPSA) is 54.0 Å². The zero-order valence-corrected chi connectivity index (χ0v) is 14.1. The minimum absolute atomic E-state index is 0.151. The standard InChI is InChI=1S/C15H22Cl2N2O3/c1-19-4-5-21-13(9-19)8-18-7-12(20)10-22-15-6-11(16)2-3-14(15)17/h2-3,6,12-13,18,20H,4-5,7-10H2,1H3/t12-,13-/m0/s1. The van der Waals surface area contributed by atoms with Crippen molar-refractivity contribution in [1.82, 2.24) is 10.2 Å². The smallest absolute Gasteiger partial charge is 0.139 e. The Hall–Kier alpha value is -0.560. The molecule has 0 radical (unpaired) electrons. The minimum Gasteiger partial charge on any atom is -0.489 e. The lowest BCUT2D eigenvalue weighted by Gasteiger charge is -2.30. The Balaban J connectivity index is 1.65. The van der Waals surface area contributed by atoms with Gasteiger partial charge < -0.3 is 24.8 Å². The van der Waals surface area contributed by atoms with E-state index in [1.54, 1.807) is 18.2 Å². The number of nitrogens with one attached hydrogen (secondary N) is 1. The van der Waals surface area contributed by atoms with Gasteiger partial charge in [0.15, 0.2) is 0 Å². The number of benzene rings is 1. The fourth-order valence-electron chi connectivity index (χ4n) is 2.23. The van der Waals surface area contributed by atoms with Crippen molar-refractivity contribution in [2.45, 2.75) is 12.2 Å². The van der Waals surface area contributed by atoms with Crippen molar-refractivity contribution < 1.29 is 14.6 Å². The molecule has 22 heavy (non-hydrogen) atoms. The number of likely N-dealkylation sites (N-methyl/N-ethyl adjacent to an activating group) is 1. The van der Waals surface area contributed by atoms with Crippen LogP contribution in [0.4, 0.5) is 0 Å². The molecule has 0 spiro atoms. The SMILES string of the molecule is CN1CCO[C@@H](CNC[C@H](O)COc2cc(Cl)ccc2Cl)C1. The van der Waals surface area contributed by atoms with E-state index in [1.165, 1.54) is 0 Å². The summed E-state index contributed by atoms with van der Waals surface area (Å²) in [7, 11) is 2.08. The molecule has 0 aliphatic carbocycles. The van der Waals surface area contributed by atoms with Crippen LogP contribution in [0.5, 0.6) is 5.75 Å². The molecule has 2 atom stereocenters. The van der Waals surface area contributed by atoms with Crippen LogP contribution in [-0.2, 0) is 4.74 Å². The molecule has 7 heteroatoms. The summed E-state index contributed by atoms with van der Waals surface area (Å²) in [6.07, 6.45) is -0.467. The summed E-state index contributed by atoms with van der Waals surface area (Å²) in [5.41, 5.74) is 0. The minimum atomic E-state index is -0.628. The molecule has 0 bridgehead atoms. The molecular formula is C15H22Cl2N2O3. The van der Waals surface area contributed by atoms with E-state index in [9.17, 15) is 5.11 Å². The molecule has 1 aliphatic rings. The fraction of sp³-hybridized carbons (Fsp3) is 0.600. The lowest BCUT2D eigenvalue weighted by Crippen LogP contribution is -2.46. The van der Waals surface area contributed by atoms with Gasteiger partial charge >= 0.3 is 0 Å². The van der Waals surface area contributed by atoms with Gasteiger partial charge in [0.2, 0.25) is 0 Å². The van der Waals surface area contributed by atoms with Crippen molar-refractivity contribution in [3.8, 4) is 5.75 Å². The maximum atomic E-state index is 9.94. The average Bonchev–Trinajstić information content (AvgIpc) is 2.48. The van der Waals surface area contributed by atoms with Crippen LogP contribution in [0, 0.1) is 0 Å². The van der Waals surface area contributed by atoms with E-state index in [0.29, 0.717) is 28.9 Å². The Kier molecular flexibility index (Phi) is 7.21. The Morgan fingerprint density at radius 3 is 3.09 bits per heavy atom. The highest BCUT2D eigenvalue weighted by Gasteiger charge is 2.17. The number of ether oxygens (including phenoxy) is 2. The Bertz CT molecular complexity index is 476. The second-order valence-corrected chi connectivity index (χ2v) is 6.30. The summed E-state index contributed by atoms with van der Waals surface area (Å²) in [6, 6.07) is 4.99. The van der Waals surface area contributed by atoms with E-state index in [2.05, 4.69) is 17.3 Å². The van der Waals surface area contributed by atoms with Crippen molar-refractivity contribution in [1.29, 1.82) is 0 Å². The van der Waals surface area contributed by atoms with Crippen molar-refractivity contribution in [2.75, 3.05) is 46.4 Å². The van der Waals surface area contributed by atoms with Gasteiger partial charge in [0.05, 0.1) is 17.7 Å². The molecular weight excluding hydrogens is 327 g/mol. The number of hydrogen-bond donors (Lipinski definition) is 2. The number of hydrogen-bond acceptors (Lipinski definition) is 5. The van der Waals surface area contributed by atoms with Gasteiger partial charge in [-0.3, -0.25) is 0 Å². The largest absolute Gasteiger partial charge is 0.489 e. The first kappa shape index (κ1) is 17.8. The second-order valence-electron chi connectivity index (χ2n) is 5.45. The molecule has 1 aromatic rings. The van der Waals surface area contributed by atoms with Crippen LogP contribution in [0.25, 0.3) is 0 Å². The Morgan fingerprint density at radius 1 is 1.50 bits per heavy atom. The van der Waals surface area contributed by atoms with E-state index in [0.717, 1.165) is 19.7 Å². The Morgan fingerprint density at radius 2 is 2.32 bits per heavy atom. The first-order chi connectivity index (χ1) is 10.5. The molecule has 0 amide bonds. The van der Waals surface area contributed by atoms with Crippen LogP contribution in [0.15, 0.2) is 18.2 Å². The molecule has 0 unspecified atom stereocenters. The monoisotopic (exact) mass is 348 g/mol. The lowest BCUT2D eigenvalue weighted by molar-refractivity contribution is -0.0196. The molecule has 2 N–H and O–H groups in total. The van der Waals surface area contributed by atoms with Crippen LogP contribution < -0.4 is 10.1 Å². The van der Waals surface area contributed by atoms with Crippen molar-refractivity contribution in [3.63, 3.8) is 0 Å². The van der Waals surface area contributed by atoms with Crippen LogP contribution >= 0.6 is 23.2 Å². The number of aliphatic hydroxyl groups is 1. The number of aliphatic hydroxyl groups excluding tert-OH is 1. The summed E-state index contributed by atoms with van der Waals surface area (Å²) >= 11 is 11.9. The lowest BCUT2D eigenvalue weighted by atomic mass is 10.2. The Labute approximate surface area is 141 Å². The van der Waals surface area contributed by atoms with Crippen LogP contribution in [0.1, 0.15) is 0 Å². The third kappa shape index (κ3) is 5.91. The molecule has 1 aliphatic heterocycles. The van der Waals surface area contributed by atoms with E-state index < -0.39 is 6.10 Å². The van der Waals surface area contributed by atoms with Crippen molar-refractivity contribution >= 4 is 23.2 Å². The zero-order valence-electron chi connectivity index (χ0n) is 12.6. The molecule has 0 saturated carbocycles. The van der Waals surface area contributed by atoms with Gasteiger partial charge in [-0.05, 0) is 19.2 Å². The van der Waals surface area contributed by atoms with Crippen LogP contribution in [0.3, 0.4) is 0 Å². The van der Waals surface area contributed by atoms with Gasteiger partial charge in [-0.1, -0.05) is 23.2 Å². The first-order valence-corrected chi connectivity index (χ1v) is 8.07. The maximum absolute atomic E-state index is 9.94. The molecule has 0 aromatic heterocycles. The predicted octanol–water partition coefficient (Wildman–Crippen LogP) is 1.65. The van der Waals surface area contributed by atoms with E-state index in [4.69, 9.17) is 32.7 Å². The molecule has 124 valence electrons. The van der Waals surface area contributed by atoms with E-state index >= 15 is 0 Å². The van der Waals surface area contributed by atoms with Gasteiger partial charge in [0.1, 0.15) is 18.5 Å². The zero-order chi connectivity index (χ0) is 15.9. The third-order valence-electron chi connectivity index (χ3n) is 3.42. The summed E-state index contributed by atoms with van der Waals surface area (Å²) in [5, 5.41) is 14.2. The van der Waals surface area contributed by atoms with Gasteiger partial charge in [-0.2, -0.15) is 0 Å². The number of nitrogens with zero attached hydrogens (tertiary/aromatic N) is 1. The molecule has 5 nitrogen and oxygen atoms in total. The average molecular weight is 349 g/mol. The fourth-order valence-corrected chi connectivity index (χ4v) is 2.57. The summed E-state index contributed by atoms with van der Waals surface area (Å²) in [5.74, 6) is 0.477. The summed E-state index contributed by atoms with van der Waals surface area (Å²) in [4.78, 5) is 2.23. The van der Waals surface area contributed by atoms with Gasteiger partial charge in [0, 0.05) is 37.3 Å². The van der Waals surface area contributed by atoms with E-state index in [1.807, 2.05) is 0 Å². The highest BCUT2D eigenvalue weighted by atomic mass is 35.5. The van der Waals surface area contributed by atoms with Crippen LogP contribution in [-0.4, -0.2) is 68.7 Å². The summed E-state index contributed by atoms with van der Waals surface area (Å²) < 4.78 is 11.1. The predicted molar refractivity (Wildman–Crippen MR) is 88.1 cm³/mol. The van der Waals surface area contributed by atoms with Gasteiger partial charge in [0.25, 0.3) is 0 Å². The van der Waals surface area contributed by atoms with E-state index in [-0.39, 0.29) is 12.7 Å². The number of rotatable bonds is 7. The number of morpholine rings is 1. The normalized spacial score (nSPS) is 20.8. The number of halogens is 2. The molecule has 1 aromatic carbocycles. The summed E-state index contributed by atoms with van der Waals surface area (Å²) in [6.45, 7) is 3.91. The van der Waals surface area contributed by atoms with Gasteiger partial charge in [-0.25, -0.2) is 0 Å². The highest BCUT2D eigenvalue weighted by molar-refractivity contribution is 6.34. The third-order valence-corrected chi connectivity index (χ3v) is 3.97.